The van der Waals surface area contributed by atoms with Gasteiger partial charge in [-0.15, -0.1) is 0 Å². The molecule has 1 aliphatic rings. The van der Waals surface area contributed by atoms with Crippen LogP contribution in [0.2, 0.25) is 0 Å². The van der Waals surface area contributed by atoms with E-state index in [2.05, 4.69) is 17.1 Å². The summed E-state index contributed by atoms with van der Waals surface area (Å²) in [5.74, 6) is -0.750. The number of aliphatic carboxylic acids is 1. The lowest BCUT2D eigenvalue weighted by Gasteiger charge is -2.37. The van der Waals surface area contributed by atoms with Gasteiger partial charge >= 0.3 is 5.97 Å². The van der Waals surface area contributed by atoms with Gasteiger partial charge in [0, 0.05) is 18.6 Å². The first-order valence-corrected chi connectivity index (χ1v) is 7.64. The molecule has 4 heteroatoms. The molecule has 2 N–H and O–H groups in total. The number of nitrogens with one attached hydrogen (secondary N) is 1. The molecule has 0 amide bonds. The van der Waals surface area contributed by atoms with Gasteiger partial charge in [0.1, 0.15) is 5.54 Å². The predicted octanol–water partition coefficient (Wildman–Crippen LogP) is 2.48. The predicted molar refractivity (Wildman–Crippen MR) is 78.4 cm³/mol. The summed E-state index contributed by atoms with van der Waals surface area (Å²) in [5, 5.41) is 12.8. The highest BCUT2D eigenvalue weighted by Gasteiger charge is 2.37. The van der Waals surface area contributed by atoms with Crippen LogP contribution in [-0.4, -0.2) is 46.7 Å². The molecule has 4 nitrogen and oxygen atoms in total. The van der Waals surface area contributed by atoms with Crippen LogP contribution in [0.25, 0.3) is 0 Å². The Bertz CT molecular complexity index is 294. The summed E-state index contributed by atoms with van der Waals surface area (Å²) in [5.41, 5.74) is -0.855. The first-order valence-electron chi connectivity index (χ1n) is 7.64. The molecule has 0 saturated carbocycles. The highest BCUT2D eigenvalue weighted by Crippen LogP contribution is 2.21. The van der Waals surface area contributed by atoms with Crippen LogP contribution in [0.15, 0.2) is 0 Å². The molecule has 0 aromatic rings. The molecule has 0 spiro atoms. The molecule has 0 bridgehead atoms. The summed E-state index contributed by atoms with van der Waals surface area (Å²) in [6.45, 7) is 9.64. The SMILES string of the molecule is CCC1CCCCCN1CC(C)(NC(C)C)C(=O)O. The maximum Gasteiger partial charge on any atom is 0.324 e. The third-order valence-corrected chi connectivity index (χ3v) is 4.07. The molecular weight excluding hydrogens is 240 g/mol. The van der Waals surface area contributed by atoms with E-state index in [1.54, 1.807) is 0 Å². The van der Waals surface area contributed by atoms with E-state index in [9.17, 15) is 9.90 Å². The van der Waals surface area contributed by atoms with Gasteiger partial charge in [-0.3, -0.25) is 15.0 Å². The fourth-order valence-corrected chi connectivity index (χ4v) is 3.13. The number of rotatable bonds is 6. The van der Waals surface area contributed by atoms with Gasteiger partial charge in [0.2, 0.25) is 0 Å². The van der Waals surface area contributed by atoms with Crippen molar-refractivity contribution in [1.82, 2.24) is 10.2 Å². The second-order valence-electron chi connectivity index (χ2n) is 6.32. The Labute approximate surface area is 117 Å². The fourth-order valence-electron chi connectivity index (χ4n) is 3.13. The number of carboxylic acid groups (broad SMARTS) is 1. The highest BCUT2D eigenvalue weighted by molar-refractivity contribution is 5.78. The molecule has 1 saturated heterocycles. The molecular formula is C15H30N2O2. The topological polar surface area (TPSA) is 52.6 Å². The average Bonchev–Trinajstić information content (AvgIpc) is 2.52. The first-order chi connectivity index (χ1) is 8.89. The Morgan fingerprint density at radius 2 is 2.11 bits per heavy atom. The van der Waals surface area contributed by atoms with Crippen molar-refractivity contribution < 1.29 is 9.90 Å². The number of carboxylic acids is 1. The lowest BCUT2D eigenvalue weighted by Crippen LogP contribution is -2.60. The van der Waals surface area contributed by atoms with E-state index in [-0.39, 0.29) is 6.04 Å². The molecule has 1 fully saturated rings. The summed E-state index contributed by atoms with van der Waals surface area (Å²) in [6, 6.07) is 0.711. The maximum absolute atomic E-state index is 11.6. The zero-order chi connectivity index (χ0) is 14.5. The standard InChI is InChI=1S/C15H30N2O2/c1-5-13-9-7-6-8-10-17(13)11-15(4,14(18)19)16-12(2)3/h12-13,16H,5-11H2,1-4H3,(H,18,19). The molecule has 1 heterocycles. The largest absolute Gasteiger partial charge is 0.480 e. The van der Waals surface area contributed by atoms with Crippen molar-refractivity contribution in [1.29, 1.82) is 0 Å². The highest BCUT2D eigenvalue weighted by atomic mass is 16.4. The summed E-state index contributed by atoms with van der Waals surface area (Å²) < 4.78 is 0. The average molecular weight is 270 g/mol. The Kier molecular flexibility index (Phi) is 6.27. The molecule has 2 unspecified atom stereocenters. The van der Waals surface area contributed by atoms with E-state index in [4.69, 9.17) is 0 Å². The fraction of sp³-hybridized carbons (Fsp3) is 0.933. The van der Waals surface area contributed by atoms with Crippen LogP contribution in [0.3, 0.4) is 0 Å². The number of carbonyl (C=O) groups is 1. The third-order valence-electron chi connectivity index (χ3n) is 4.07. The lowest BCUT2D eigenvalue weighted by atomic mass is 9.98. The number of hydrogen-bond donors (Lipinski definition) is 2. The smallest absolute Gasteiger partial charge is 0.324 e. The van der Waals surface area contributed by atoms with Crippen molar-refractivity contribution >= 4 is 5.97 Å². The van der Waals surface area contributed by atoms with Crippen LogP contribution >= 0.6 is 0 Å². The summed E-state index contributed by atoms with van der Waals surface area (Å²) in [4.78, 5) is 14.0. The zero-order valence-electron chi connectivity index (χ0n) is 12.9. The Balaban J connectivity index is 2.78. The number of nitrogens with zero attached hydrogens (tertiary/aromatic N) is 1. The van der Waals surface area contributed by atoms with E-state index < -0.39 is 11.5 Å². The van der Waals surface area contributed by atoms with Crippen LogP contribution < -0.4 is 5.32 Å². The van der Waals surface area contributed by atoms with Gasteiger partial charge in [-0.1, -0.05) is 19.8 Å². The van der Waals surface area contributed by atoms with Crippen LogP contribution in [0.5, 0.6) is 0 Å². The Morgan fingerprint density at radius 3 is 2.63 bits per heavy atom. The minimum absolute atomic E-state index is 0.174. The maximum atomic E-state index is 11.6. The quantitative estimate of drug-likeness (QED) is 0.778. The van der Waals surface area contributed by atoms with Crippen LogP contribution in [0.1, 0.15) is 59.8 Å². The van der Waals surface area contributed by atoms with Gasteiger partial charge in [0.15, 0.2) is 0 Å². The van der Waals surface area contributed by atoms with Gasteiger partial charge in [0.05, 0.1) is 0 Å². The van der Waals surface area contributed by atoms with E-state index in [0.29, 0.717) is 12.6 Å². The van der Waals surface area contributed by atoms with E-state index in [1.807, 2.05) is 20.8 Å². The monoisotopic (exact) mass is 270 g/mol. The summed E-state index contributed by atoms with van der Waals surface area (Å²) in [6.07, 6.45) is 6.05. The first kappa shape index (κ1) is 16.4. The second kappa shape index (κ2) is 7.25. The molecule has 0 aromatic heterocycles. The third kappa shape index (κ3) is 4.77. The normalized spacial score (nSPS) is 25.0. The summed E-state index contributed by atoms with van der Waals surface area (Å²) >= 11 is 0. The minimum atomic E-state index is -0.855. The number of likely N-dealkylation sites (tertiary alicyclic amines) is 1. The van der Waals surface area contributed by atoms with Crippen molar-refractivity contribution in [3.8, 4) is 0 Å². The van der Waals surface area contributed by atoms with Crippen LogP contribution in [0, 0.1) is 0 Å². The van der Waals surface area contributed by atoms with Crippen molar-refractivity contribution in [2.24, 2.45) is 0 Å². The Morgan fingerprint density at radius 1 is 1.42 bits per heavy atom. The van der Waals surface area contributed by atoms with Crippen molar-refractivity contribution in [3.05, 3.63) is 0 Å². The molecule has 19 heavy (non-hydrogen) atoms. The molecule has 0 radical (unpaired) electrons. The molecule has 1 aliphatic heterocycles. The minimum Gasteiger partial charge on any atom is -0.480 e. The van der Waals surface area contributed by atoms with E-state index in [1.165, 1.54) is 25.7 Å². The molecule has 112 valence electrons. The lowest BCUT2D eigenvalue weighted by molar-refractivity contribution is -0.145. The molecule has 0 aliphatic carbocycles. The van der Waals surface area contributed by atoms with E-state index >= 15 is 0 Å². The van der Waals surface area contributed by atoms with Gasteiger partial charge in [0.25, 0.3) is 0 Å². The van der Waals surface area contributed by atoms with Gasteiger partial charge in [-0.25, -0.2) is 0 Å². The van der Waals surface area contributed by atoms with E-state index in [0.717, 1.165) is 13.0 Å². The second-order valence-corrected chi connectivity index (χ2v) is 6.32. The van der Waals surface area contributed by atoms with Crippen molar-refractivity contribution in [2.75, 3.05) is 13.1 Å². The van der Waals surface area contributed by atoms with Crippen LogP contribution in [0.4, 0.5) is 0 Å². The van der Waals surface area contributed by atoms with Gasteiger partial charge in [-0.05, 0) is 46.6 Å². The van der Waals surface area contributed by atoms with Crippen molar-refractivity contribution in [2.45, 2.75) is 77.4 Å². The molecule has 0 aromatic carbocycles. The summed E-state index contributed by atoms with van der Waals surface area (Å²) in [7, 11) is 0. The zero-order valence-corrected chi connectivity index (χ0v) is 12.9. The van der Waals surface area contributed by atoms with Gasteiger partial charge < -0.3 is 5.11 Å². The Hall–Kier alpha value is -0.610. The number of hydrogen-bond acceptors (Lipinski definition) is 3. The van der Waals surface area contributed by atoms with Crippen molar-refractivity contribution in [3.63, 3.8) is 0 Å². The molecule has 2 atom stereocenters. The van der Waals surface area contributed by atoms with Crippen LogP contribution in [-0.2, 0) is 4.79 Å². The van der Waals surface area contributed by atoms with Gasteiger partial charge in [-0.2, -0.15) is 0 Å². The molecule has 1 rings (SSSR count).